The summed E-state index contributed by atoms with van der Waals surface area (Å²) in [5.74, 6) is -0.853. The molecule has 1 saturated heterocycles. The second kappa shape index (κ2) is 8.33. The van der Waals surface area contributed by atoms with Gasteiger partial charge in [-0.25, -0.2) is 13.2 Å². The Bertz CT molecular complexity index is 724. The highest BCUT2D eigenvalue weighted by atomic mass is 32.2. The fourth-order valence-corrected chi connectivity index (χ4v) is 3.31. The molecule has 0 radical (unpaired) electrons. The lowest BCUT2D eigenvalue weighted by molar-refractivity contribution is -0.139. The largest absolute Gasteiger partial charge is 0.449 e. The van der Waals surface area contributed by atoms with Gasteiger partial charge < -0.3 is 9.64 Å². The second-order valence-electron chi connectivity index (χ2n) is 6.24. The average Bonchev–Trinajstić information content (AvgIpc) is 2.81. The summed E-state index contributed by atoms with van der Waals surface area (Å²) in [5, 5.41) is 0. The molecule has 7 nitrogen and oxygen atoms in total. The van der Waals surface area contributed by atoms with Crippen molar-refractivity contribution >= 4 is 27.6 Å². The number of carbonyl (C=O) groups excluding carboxylic acids is 2. The fourth-order valence-electron chi connectivity index (χ4n) is 2.75. The van der Waals surface area contributed by atoms with E-state index in [1.807, 2.05) is 0 Å². The van der Waals surface area contributed by atoms with E-state index < -0.39 is 22.1 Å². The van der Waals surface area contributed by atoms with Crippen molar-refractivity contribution < 1.29 is 22.7 Å². The molecule has 0 bridgehead atoms. The molecule has 138 valence electrons. The SMILES string of the molecule is CC(OC(=O)c1cccc(NS(C)(=O)=O)c1)C(=O)N1CCCCCC1. The van der Waals surface area contributed by atoms with Crippen molar-refractivity contribution in [2.75, 3.05) is 24.1 Å². The molecule has 0 aliphatic carbocycles. The van der Waals surface area contributed by atoms with Gasteiger partial charge in [0.1, 0.15) is 0 Å². The van der Waals surface area contributed by atoms with Crippen LogP contribution in [0, 0.1) is 0 Å². The maximum absolute atomic E-state index is 12.4. The summed E-state index contributed by atoms with van der Waals surface area (Å²) in [5.41, 5.74) is 0.451. The van der Waals surface area contributed by atoms with Gasteiger partial charge in [-0.05, 0) is 38.0 Å². The van der Waals surface area contributed by atoms with Gasteiger partial charge in [0.15, 0.2) is 6.10 Å². The van der Waals surface area contributed by atoms with Crippen molar-refractivity contribution in [2.45, 2.75) is 38.7 Å². The number of rotatable bonds is 5. The highest BCUT2D eigenvalue weighted by Crippen LogP contribution is 2.15. The zero-order chi connectivity index (χ0) is 18.4. The minimum absolute atomic E-state index is 0.184. The number of nitrogens with zero attached hydrogens (tertiary/aromatic N) is 1. The molecule has 8 heteroatoms. The number of likely N-dealkylation sites (tertiary alicyclic amines) is 1. The topological polar surface area (TPSA) is 92.8 Å². The fraction of sp³-hybridized carbons (Fsp3) is 0.529. The van der Waals surface area contributed by atoms with Crippen molar-refractivity contribution in [1.29, 1.82) is 0 Å². The highest BCUT2D eigenvalue weighted by molar-refractivity contribution is 7.92. The lowest BCUT2D eigenvalue weighted by atomic mass is 10.2. The molecule has 0 saturated carbocycles. The van der Waals surface area contributed by atoms with Crippen molar-refractivity contribution in [1.82, 2.24) is 4.90 Å². The van der Waals surface area contributed by atoms with E-state index in [1.54, 1.807) is 17.9 Å². The number of sulfonamides is 1. The molecule has 1 aromatic carbocycles. The Labute approximate surface area is 148 Å². The molecular formula is C17H24N2O5S. The van der Waals surface area contributed by atoms with Crippen LogP contribution in [-0.4, -0.2) is 50.6 Å². The summed E-state index contributed by atoms with van der Waals surface area (Å²) in [6, 6.07) is 5.97. The van der Waals surface area contributed by atoms with E-state index >= 15 is 0 Å². The Morgan fingerprint density at radius 2 is 1.80 bits per heavy atom. The number of ether oxygens (including phenoxy) is 1. The molecule has 1 aliphatic heterocycles. The number of hydrogen-bond acceptors (Lipinski definition) is 5. The van der Waals surface area contributed by atoms with Gasteiger partial charge in [0.2, 0.25) is 10.0 Å². The van der Waals surface area contributed by atoms with Gasteiger partial charge in [0, 0.05) is 18.8 Å². The number of anilines is 1. The molecular weight excluding hydrogens is 344 g/mol. The minimum atomic E-state index is -3.44. The van der Waals surface area contributed by atoms with Crippen LogP contribution in [0.2, 0.25) is 0 Å². The maximum atomic E-state index is 12.4. The van der Waals surface area contributed by atoms with Gasteiger partial charge in [0.25, 0.3) is 5.91 Å². The number of esters is 1. The quantitative estimate of drug-likeness (QED) is 0.803. The van der Waals surface area contributed by atoms with Crippen LogP contribution in [0.25, 0.3) is 0 Å². The first kappa shape index (κ1) is 19.2. The number of hydrogen-bond donors (Lipinski definition) is 1. The van der Waals surface area contributed by atoms with Gasteiger partial charge in [-0.2, -0.15) is 0 Å². The van der Waals surface area contributed by atoms with E-state index in [2.05, 4.69) is 4.72 Å². The van der Waals surface area contributed by atoms with Crippen LogP contribution in [-0.2, 0) is 19.6 Å². The molecule has 1 amide bonds. The van der Waals surface area contributed by atoms with Crippen molar-refractivity contribution in [3.8, 4) is 0 Å². The van der Waals surface area contributed by atoms with Crippen molar-refractivity contribution in [2.24, 2.45) is 0 Å². The third kappa shape index (κ3) is 6.04. The molecule has 25 heavy (non-hydrogen) atoms. The van der Waals surface area contributed by atoms with Crippen LogP contribution in [0.1, 0.15) is 43.0 Å². The molecule has 0 aromatic heterocycles. The first-order chi connectivity index (χ1) is 11.8. The third-order valence-electron chi connectivity index (χ3n) is 3.95. The summed E-state index contributed by atoms with van der Waals surface area (Å²) in [6.45, 7) is 2.94. The average molecular weight is 368 g/mol. The predicted molar refractivity (Wildman–Crippen MR) is 94.8 cm³/mol. The van der Waals surface area contributed by atoms with Gasteiger partial charge in [-0.1, -0.05) is 18.9 Å². The summed E-state index contributed by atoms with van der Waals surface area (Å²) in [4.78, 5) is 26.4. The Morgan fingerprint density at radius 3 is 2.40 bits per heavy atom. The second-order valence-corrected chi connectivity index (χ2v) is 7.99. The highest BCUT2D eigenvalue weighted by Gasteiger charge is 2.25. The van der Waals surface area contributed by atoms with Crippen LogP contribution in [0.4, 0.5) is 5.69 Å². The van der Waals surface area contributed by atoms with Crippen LogP contribution < -0.4 is 4.72 Å². The van der Waals surface area contributed by atoms with E-state index in [9.17, 15) is 18.0 Å². The van der Waals surface area contributed by atoms with Gasteiger partial charge in [-0.15, -0.1) is 0 Å². The monoisotopic (exact) mass is 368 g/mol. The van der Waals surface area contributed by atoms with Gasteiger partial charge >= 0.3 is 5.97 Å². The van der Waals surface area contributed by atoms with Crippen LogP contribution in [0.15, 0.2) is 24.3 Å². The number of benzene rings is 1. The standard InChI is InChI=1S/C17H24N2O5S/c1-13(16(20)19-10-5-3-4-6-11-19)24-17(21)14-8-7-9-15(12-14)18-25(2,22)23/h7-9,12-13,18H,3-6,10-11H2,1-2H3. The smallest absolute Gasteiger partial charge is 0.338 e. The lowest BCUT2D eigenvalue weighted by Crippen LogP contribution is -2.40. The Hall–Kier alpha value is -2.09. The summed E-state index contributed by atoms with van der Waals surface area (Å²) < 4.78 is 30.1. The summed E-state index contributed by atoms with van der Waals surface area (Å²) in [7, 11) is -3.44. The minimum Gasteiger partial charge on any atom is -0.449 e. The van der Waals surface area contributed by atoms with Crippen molar-refractivity contribution in [3.05, 3.63) is 29.8 Å². The molecule has 1 atom stereocenters. The zero-order valence-electron chi connectivity index (χ0n) is 14.5. The van der Waals surface area contributed by atoms with E-state index in [4.69, 9.17) is 4.74 Å². The molecule has 1 aliphatic rings. The third-order valence-corrected chi connectivity index (χ3v) is 4.56. The van der Waals surface area contributed by atoms with E-state index in [0.717, 1.165) is 31.9 Å². The normalized spacial score (nSPS) is 16.6. The first-order valence-corrected chi connectivity index (χ1v) is 10.2. The molecule has 0 spiro atoms. The number of carbonyl (C=O) groups is 2. The molecule has 1 unspecified atom stereocenters. The van der Waals surface area contributed by atoms with Gasteiger partial charge in [0.05, 0.1) is 11.8 Å². The molecule has 1 aromatic rings. The van der Waals surface area contributed by atoms with Crippen LogP contribution >= 0.6 is 0 Å². The van der Waals surface area contributed by atoms with E-state index in [-0.39, 0.29) is 17.2 Å². The predicted octanol–water partition coefficient (Wildman–Crippen LogP) is 2.01. The van der Waals surface area contributed by atoms with Gasteiger partial charge in [-0.3, -0.25) is 9.52 Å². The number of amides is 1. The lowest BCUT2D eigenvalue weighted by Gasteiger charge is -2.24. The number of nitrogens with one attached hydrogen (secondary N) is 1. The zero-order valence-corrected chi connectivity index (χ0v) is 15.3. The van der Waals surface area contributed by atoms with Crippen LogP contribution in [0.5, 0.6) is 0 Å². The maximum Gasteiger partial charge on any atom is 0.338 e. The van der Waals surface area contributed by atoms with E-state index in [1.165, 1.54) is 18.2 Å². The van der Waals surface area contributed by atoms with E-state index in [0.29, 0.717) is 13.1 Å². The van der Waals surface area contributed by atoms with Crippen molar-refractivity contribution in [3.63, 3.8) is 0 Å². The van der Waals surface area contributed by atoms with Crippen LogP contribution in [0.3, 0.4) is 0 Å². The molecule has 1 heterocycles. The molecule has 1 fully saturated rings. The molecule has 2 rings (SSSR count). The Kier molecular flexibility index (Phi) is 6.41. The first-order valence-electron chi connectivity index (χ1n) is 8.34. The summed E-state index contributed by atoms with van der Waals surface area (Å²) >= 11 is 0. The Morgan fingerprint density at radius 1 is 1.16 bits per heavy atom. The summed E-state index contributed by atoms with van der Waals surface area (Å²) in [6.07, 6.45) is 4.30. The molecule has 1 N–H and O–H groups in total. The Balaban J connectivity index is 2.00.